The molecule has 0 bridgehead atoms. The van der Waals surface area contributed by atoms with Crippen LogP contribution in [-0.2, 0) is 10.1 Å². The molecule has 0 fully saturated rings. The van der Waals surface area contributed by atoms with Crippen molar-refractivity contribution >= 4 is 10.1 Å². The van der Waals surface area contributed by atoms with Gasteiger partial charge in [0.05, 0.1) is 17.1 Å². The highest BCUT2D eigenvalue weighted by atomic mass is 32.2. The Morgan fingerprint density at radius 3 is 2.46 bits per heavy atom. The molecule has 7 heteroatoms. The van der Waals surface area contributed by atoms with Gasteiger partial charge >= 0.3 is 0 Å². The molecule has 0 aliphatic heterocycles. The monoisotopic (exact) mass is 207 g/mol. The average molecular weight is 207 g/mol. The zero-order valence-corrected chi connectivity index (χ0v) is 7.32. The molecule has 0 saturated heterocycles. The molecule has 74 valence electrons. The number of nitrogens with two attached hydrogens (primary N) is 1. The van der Waals surface area contributed by atoms with E-state index < -0.39 is 26.5 Å². The maximum absolute atomic E-state index is 10.6. The Kier molecular flexibility index (Phi) is 2.20. The van der Waals surface area contributed by atoms with Crippen LogP contribution in [0.3, 0.4) is 0 Å². The summed E-state index contributed by atoms with van der Waals surface area (Å²) in [4.78, 5) is -0.610. The quantitative estimate of drug-likeness (QED) is 0.331. The SMILES string of the molecule is NC1(O)C=C(S(=O)(=O)O)C=C(O)C1. The first-order valence-corrected chi connectivity index (χ1v) is 4.76. The Bertz CT molecular complexity index is 378. The fourth-order valence-corrected chi connectivity index (χ4v) is 1.63. The minimum absolute atomic E-state index is 0.286. The number of hydrogen-bond donors (Lipinski definition) is 4. The lowest BCUT2D eigenvalue weighted by molar-refractivity contribution is 0.0836. The summed E-state index contributed by atoms with van der Waals surface area (Å²) in [6.45, 7) is 0. The Balaban J connectivity index is 3.19. The standard InChI is InChI=1S/C6H9NO5S/c7-6(9)2-4(8)1-5(3-6)13(10,11)12/h1,3,8-9H,2,7H2,(H,10,11,12). The zero-order valence-electron chi connectivity index (χ0n) is 6.51. The van der Waals surface area contributed by atoms with Crippen LogP contribution in [0.1, 0.15) is 6.42 Å². The van der Waals surface area contributed by atoms with Gasteiger partial charge < -0.3 is 10.2 Å². The summed E-state index contributed by atoms with van der Waals surface area (Å²) >= 11 is 0. The normalized spacial score (nSPS) is 29.5. The molecule has 1 aliphatic carbocycles. The van der Waals surface area contributed by atoms with E-state index in [1.165, 1.54) is 0 Å². The zero-order chi connectivity index (χ0) is 10.3. The van der Waals surface area contributed by atoms with E-state index >= 15 is 0 Å². The molecule has 0 heterocycles. The van der Waals surface area contributed by atoms with Crippen LogP contribution in [-0.4, -0.2) is 28.9 Å². The highest BCUT2D eigenvalue weighted by molar-refractivity contribution is 7.90. The molecule has 1 atom stereocenters. The fraction of sp³-hybridized carbons (Fsp3) is 0.333. The van der Waals surface area contributed by atoms with Crippen molar-refractivity contribution in [3.63, 3.8) is 0 Å². The number of hydrogen-bond acceptors (Lipinski definition) is 5. The highest BCUT2D eigenvalue weighted by Crippen LogP contribution is 2.23. The minimum atomic E-state index is -4.45. The first-order valence-electron chi connectivity index (χ1n) is 3.32. The van der Waals surface area contributed by atoms with Gasteiger partial charge in [0.25, 0.3) is 10.1 Å². The van der Waals surface area contributed by atoms with Gasteiger partial charge in [-0.1, -0.05) is 0 Å². The summed E-state index contributed by atoms with van der Waals surface area (Å²) in [5.74, 6) is -0.403. The maximum atomic E-state index is 10.6. The van der Waals surface area contributed by atoms with Crippen LogP contribution in [0.4, 0.5) is 0 Å². The summed E-state index contributed by atoms with van der Waals surface area (Å²) < 4.78 is 29.7. The molecule has 1 rings (SSSR count). The molecule has 0 saturated carbocycles. The van der Waals surface area contributed by atoms with Crippen molar-refractivity contribution in [3.8, 4) is 0 Å². The van der Waals surface area contributed by atoms with Crippen molar-refractivity contribution in [2.75, 3.05) is 0 Å². The smallest absolute Gasteiger partial charge is 0.294 e. The molecule has 1 aliphatic rings. The second kappa shape index (κ2) is 2.81. The minimum Gasteiger partial charge on any atom is -0.512 e. The van der Waals surface area contributed by atoms with Crippen molar-refractivity contribution < 1.29 is 23.2 Å². The van der Waals surface area contributed by atoms with Crippen LogP contribution in [0.2, 0.25) is 0 Å². The van der Waals surface area contributed by atoms with Gasteiger partial charge in [0.1, 0.15) is 5.72 Å². The fourth-order valence-electron chi connectivity index (χ4n) is 0.993. The van der Waals surface area contributed by atoms with Crippen LogP contribution >= 0.6 is 0 Å². The van der Waals surface area contributed by atoms with Gasteiger partial charge in [-0.25, -0.2) is 0 Å². The molecular formula is C6H9NO5S. The number of rotatable bonds is 1. The van der Waals surface area contributed by atoms with Crippen molar-refractivity contribution in [2.45, 2.75) is 12.1 Å². The van der Waals surface area contributed by atoms with E-state index in [0.29, 0.717) is 0 Å². The Labute approximate surface area is 74.7 Å². The van der Waals surface area contributed by atoms with Crippen LogP contribution in [0, 0.1) is 0 Å². The van der Waals surface area contributed by atoms with Crippen molar-refractivity contribution in [2.24, 2.45) is 5.73 Å². The van der Waals surface area contributed by atoms with Gasteiger partial charge in [0.2, 0.25) is 0 Å². The van der Waals surface area contributed by atoms with E-state index in [9.17, 15) is 13.5 Å². The summed E-state index contributed by atoms with van der Waals surface area (Å²) in [5.41, 5.74) is 3.22. The molecule has 6 nitrogen and oxygen atoms in total. The van der Waals surface area contributed by atoms with Crippen LogP contribution in [0.25, 0.3) is 0 Å². The third-order valence-electron chi connectivity index (χ3n) is 1.46. The topological polar surface area (TPSA) is 121 Å². The Hall–Kier alpha value is -0.890. The van der Waals surface area contributed by atoms with Crippen molar-refractivity contribution in [1.82, 2.24) is 0 Å². The molecule has 13 heavy (non-hydrogen) atoms. The van der Waals surface area contributed by atoms with Crippen molar-refractivity contribution in [1.29, 1.82) is 0 Å². The van der Waals surface area contributed by atoms with Crippen LogP contribution in [0.15, 0.2) is 22.8 Å². The van der Waals surface area contributed by atoms with Crippen molar-refractivity contribution in [3.05, 3.63) is 22.8 Å². The first-order chi connectivity index (χ1) is 5.71. The Morgan fingerprint density at radius 2 is 2.08 bits per heavy atom. The molecule has 0 radical (unpaired) electrons. The third-order valence-corrected chi connectivity index (χ3v) is 2.29. The van der Waals surface area contributed by atoms with E-state index in [2.05, 4.69) is 0 Å². The molecular weight excluding hydrogens is 198 g/mol. The van der Waals surface area contributed by atoms with Gasteiger partial charge in [0, 0.05) is 0 Å². The lowest BCUT2D eigenvalue weighted by atomic mass is 10.0. The van der Waals surface area contributed by atoms with Gasteiger partial charge in [-0.15, -0.1) is 0 Å². The lowest BCUT2D eigenvalue weighted by Gasteiger charge is -2.22. The highest BCUT2D eigenvalue weighted by Gasteiger charge is 2.28. The summed E-state index contributed by atoms with van der Waals surface area (Å²) in [6, 6.07) is 0. The molecule has 0 spiro atoms. The lowest BCUT2D eigenvalue weighted by Crippen LogP contribution is -2.39. The molecule has 0 aromatic heterocycles. The predicted octanol–water partition coefficient (Wildman–Crippen LogP) is -0.749. The van der Waals surface area contributed by atoms with E-state index in [-0.39, 0.29) is 6.42 Å². The van der Waals surface area contributed by atoms with E-state index in [0.717, 1.165) is 12.2 Å². The molecule has 1 unspecified atom stereocenters. The van der Waals surface area contributed by atoms with E-state index in [1.54, 1.807) is 0 Å². The van der Waals surface area contributed by atoms with Crippen LogP contribution < -0.4 is 5.73 Å². The summed E-state index contributed by atoms with van der Waals surface area (Å²) in [7, 11) is -4.45. The van der Waals surface area contributed by atoms with E-state index in [4.69, 9.17) is 15.4 Å². The first kappa shape index (κ1) is 10.2. The second-order valence-corrected chi connectivity index (χ2v) is 4.25. The van der Waals surface area contributed by atoms with Crippen LogP contribution in [0.5, 0.6) is 0 Å². The van der Waals surface area contributed by atoms with E-state index in [1.807, 2.05) is 0 Å². The number of aliphatic hydroxyl groups is 2. The molecule has 5 N–H and O–H groups in total. The molecule has 0 amide bonds. The van der Waals surface area contributed by atoms with Gasteiger partial charge in [-0.05, 0) is 12.2 Å². The predicted molar refractivity (Wildman–Crippen MR) is 44.1 cm³/mol. The largest absolute Gasteiger partial charge is 0.512 e. The van der Waals surface area contributed by atoms with Gasteiger partial charge in [-0.3, -0.25) is 10.3 Å². The number of allylic oxidation sites excluding steroid dienone is 1. The maximum Gasteiger partial charge on any atom is 0.294 e. The second-order valence-electron chi connectivity index (χ2n) is 2.83. The van der Waals surface area contributed by atoms with Gasteiger partial charge in [-0.2, -0.15) is 8.42 Å². The number of aliphatic hydroxyl groups excluding tert-OH is 1. The summed E-state index contributed by atoms with van der Waals surface area (Å²) in [5, 5.41) is 18.2. The average Bonchev–Trinajstić information content (AvgIpc) is 1.79. The summed E-state index contributed by atoms with van der Waals surface area (Å²) in [6.07, 6.45) is 1.31. The molecule has 0 aromatic carbocycles. The Morgan fingerprint density at radius 1 is 1.54 bits per heavy atom. The third kappa shape index (κ3) is 2.52. The van der Waals surface area contributed by atoms with Gasteiger partial charge in [0.15, 0.2) is 0 Å². The molecule has 0 aromatic rings.